The zero-order chi connectivity index (χ0) is 35.7. The van der Waals surface area contributed by atoms with Crippen molar-refractivity contribution in [3.8, 4) is 0 Å². The van der Waals surface area contributed by atoms with E-state index in [9.17, 15) is 9.90 Å². The molecule has 0 aromatic rings. The fourth-order valence-corrected chi connectivity index (χ4v) is 7.32. The number of hydrogen-bond acceptors (Lipinski definition) is 3. The summed E-state index contributed by atoms with van der Waals surface area (Å²) in [5.41, 5.74) is 0. The third kappa shape index (κ3) is 43.5. The Kier molecular flexibility index (Phi) is 41.4. The van der Waals surface area contributed by atoms with E-state index in [1.54, 1.807) is 0 Å². The van der Waals surface area contributed by atoms with Crippen molar-refractivity contribution in [3.63, 3.8) is 0 Å². The van der Waals surface area contributed by atoms with Gasteiger partial charge in [0, 0.05) is 12.8 Å². The third-order valence-electron chi connectivity index (χ3n) is 10.7. The molecule has 0 amide bonds. The van der Waals surface area contributed by atoms with Gasteiger partial charge in [-0.3, -0.25) is 4.79 Å². The summed E-state index contributed by atoms with van der Waals surface area (Å²) >= 11 is 0. The third-order valence-corrected chi connectivity index (χ3v) is 10.7. The summed E-state index contributed by atoms with van der Waals surface area (Å²) in [6, 6.07) is 0. The molecule has 0 rings (SSSR count). The van der Waals surface area contributed by atoms with Crippen LogP contribution in [0.2, 0.25) is 0 Å². The van der Waals surface area contributed by atoms with Gasteiger partial charge in [0.2, 0.25) is 6.29 Å². The average Bonchev–Trinajstić information content (AvgIpc) is 3.08. The molecular formula is C46H92O3. The minimum atomic E-state index is -0.910. The van der Waals surface area contributed by atoms with Crippen LogP contribution >= 0.6 is 0 Å². The molecule has 0 radical (unpaired) electrons. The average molecular weight is 693 g/mol. The minimum Gasteiger partial charge on any atom is -0.436 e. The monoisotopic (exact) mass is 693 g/mol. The van der Waals surface area contributed by atoms with Gasteiger partial charge in [-0.05, 0) is 18.8 Å². The van der Waals surface area contributed by atoms with E-state index < -0.39 is 6.29 Å². The number of unbranched alkanes of at least 4 members (excludes halogenated alkanes) is 35. The van der Waals surface area contributed by atoms with E-state index in [-0.39, 0.29) is 5.97 Å². The largest absolute Gasteiger partial charge is 0.436 e. The van der Waals surface area contributed by atoms with Gasteiger partial charge in [0.15, 0.2) is 0 Å². The summed E-state index contributed by atoms with van der Waals surface area (Å²) in [5.74, 6) is 0.635. The van der Waals surface area contributed by atoms with E-state index in [1.807, 2.05) is 0 Å². The Labute approximate surface area is 309 Å². The molecule has 0 fully saturated rings. The van der Waals surface area contributed by atoms with Crippen molar-refractivity contribution in [3.05, 3.63) is 0 Å². The Bertz CT molecular complexity index is 617. The normalized spacial score (nSPS) is 12.3. The minimum absolute atomic E-state index is 0.222. The lowest BCUT2D eigenvalue weighted by molar-refractivity contribution is -0.168. The first-order valence-electron chi connectivity index (χ1n) is 22.9. The summed E-state index contributed by atoms with van der Waals surface area (Å²) < 4.78 is 5.24. The second kappa shape index (κ2) is 41.8. The Morgan fingerprint density at radius 1 is 0.388 bits per heavy atom. The predicted molar refractivity (Wildman–Crippen MR) is 217 cm³/mol. The summed E-state index contributed by atoms with van der Waals surface area (Å²) in [4.78, 5) is 12.0. The lowest BCUT2D eigenvalue weighted by atomic mass is 10.0. The second-order valence-corrected chi connectivity index (χ2v) is 16.4. The van der Waals surface area contributed by atoms with Gasteiger partial charge < -0.3 is 9.84 Å². The first-order valence-corrected chi connectivity index (χ1v) is 22.9. The molecule has 0 aliphatic carbocycles. The smallest absolute Gasteiger partial charge is 0.308 e. The predicted octanol–water partition coefficient (Wildman–Crippen LogP) is 16.1. The highest BCUT2D eigenvalue weighted by Crippen LogP contribution is 2.18. The van der Waals surface area contributed by atoms with Crippen LogP contribution in [0.5, 0.6) is 0 Å². The van der Waals surface area contributed by atoms with Gasteiger partial charge in [0.05, 0.1) is 0 Å². The summed E-state index contributed by atoms with van der Waals surface area (Å²) in [6.07, 6.45) is 51.9. The van der Waals surface area contributed by atoms with Crippen LogP contribution in [0.15, 0.2) is 0 Å². The quantitative estimate of drug-likeness (QED) is 0.0393. The Balaban J connectivity index is 3.24. The summed E-state index contributed by atoms with van der Waals surface area (Å²) in [5, 5.41) is 10.1. The molecule has 3 heteroatoms. The highest BCUT2D eigenvalue weighted by molar-refractivity contribution is 5.69. The molecule has 0 heterocycles. The highest BCUT2D eigenvalue weighted by atomic mass is 16.6. The topological polar surface area (TPSA) is 46.5 Å². The van der Waals surface area contributed by atoms with Crippen LogP contribution < -0.4 is 0 Å². The molecule has 0 aliphatic rings. The van der Waals surface area contributed by atoms with Gasteiger partial charge in [-0.1, -0.05) is 252 Å². The maximum atomic E-state index is 12.0. The van der Waals surface area contributed by atoms with E-state index >= 15 is 0 Å². The van der Waals surface area contributed by atoms with Crippen molar-refractivity contribution < 1.29 is 14.6 Å². The number of carbonyl (C=O) groups excluding carboxylic acids is 1. The van der Waals surface area contributed by atoms with Crippen LogP contribution in [0.1, 0.15) is 278 Å². The molecule has 1 atom stereocenters. The van der Waals surface area contributed by atoms with Crippen molar-refractivity contribution >= 4 is 5.97 Å². The molecule has 0 saturated heterocycles. The van der Waals surface area contributed by atoms with Crippen molar-refractivity contribution in [1.82, 2.24) is 0 Å². The van der Waals surface area contributed by atoms with Gasteiger partial charge in [0.1, 0.15) is 0 Å². The number of aliphatic hydroxyl groups excluding tert-OH is 1. The lowest BCUT2D eigenvalue weighted by Gasteiger charge is -2.12. The first-order chi connectivity index (χ1) is 24.1. The number of ether oxygens (including phenoxy) is 1. The fraction of sp³-hybridized carbons (Fsp3) is 0.978. The van der Waals surface area contributed by atoms with Crippen LogP contribution in [0, 0.1) is 5.92 Å². The van der Waals surface area contributed by atoms with E-state index in [1.165, 1.54) is 218 Å². The number of aliphatic hydroxyl groups is 1. The molecule has 294 valence electrons. The van der Waals surface area contributed by atoms with E-state index in [2.05, 4.69) is 20.8 Å². The van der Waals surface area contributed by atoms with Crippen molar-refractivity contribution in [2.24, 2.45) is 5.92 Å². The van der Waals surface area contributed by atoms with Gasteiger partial charge in [-0.15, -0.1) is 0 Å². The van der Waals surface area contributed by atoms with E-state index in [4.69, 9.17) is 4.74 Å². The van der Waals surface area contributed by atoms with Crippen molar-refractivity contribution in [2.75, 3.05) is 0 Å². The summed E-state index contributed by atoms with van der Waals surface area (Å²) in [7, 11) is 0. The Morgan fingerprint density at radius 3 is 0.918 bits per heavy atom. The SMILES string of the molecule is CCCCCCCCCCCCCCCCCCCCCCCCCCCC(O)OC(=O)CCCCCCCCCCCCCCC(C)C. The maximum absolute atomic E-state index is 12.0. The zero-order valence-corrected chi connectivity index (χ0v) is 34.2. The van der Waals surface area contributed by atoms with Gasteiger partial charge >= 0.3 is 5.97 Å². The molecule has 0 aromatic carbocycles. The molecule has 3 nitrogen and oxygen atoms in total. The lowest BCUT2D eigenvalue weighted by Crippen LogP contribution is -2.17. The van der Waals surface area contributed by atoms with Crippen LogP contribution in [-0.4, -0.2) is 17.4 Å². The number of carbonyl (C=O) groups is 1. The zero-order valence-electron chi connectivity index (χ0n) is 34.2. The molecule has 1 unspecified atom stereocenters. The number of rotatable bonds is 42. The number of hydrogen-bond donors (Lipinski definition) is 1. The molecule has 0 bridgehead atoms. The van der Waals surface area contributed by atoms with Crippen molar-refractivity contribution in [1.29, 1.82) is 0 Å². The Morgan fingerprint density at radius 2 is 0.633 bits per heavy atom. The Hall–Kier alpha value is -0.570. The first kappa shape index (κ1) is 48.4. The molecule has 1 N–H and O–H groups in total. The van der Waals surface area contributed by atoms with Gasteiger partial charge in [-0.2, -0.15) is 0 Å². The molecule has 0 saturated carbocycles. The standard InChI is InChI=1S/C46H92O3/c1-4-5-6-7-8-9-10-11-12-13-14-15-16-17-18-19-20-21-22-23-27-30-33-36-39-42-45(47)49-46(48)43-40-37-34-31-28-25-24-26-29-32-35-38-41-44(2)3/h44-45,47H,4-43H2,1-3H3. The highest BCUT2D eigenvalue weighted by Gasteiger charge is 2.10. The van der Waals surface area contributed by atoms with Gasteiger partial charge in [0.25, 0.3) is 0 Å². The molecule has 0 aliphatic heterocycles. The van der Waals surface area contributed by atoms with Crippen LogP contribution in [-0.2, 0) is 9.53 Å². The second-order valence-electron chi connectivity index (χ2n) is 16.4. The molecule has 49 heavy (non-hydrogen) atoms. The van der Waals surface area contributed by atoms with Crippen molar-refractivity contribution in [2.45, 2.75) is 284 Å². The van der Waals surface area contributed by atoms with Gasteiger partial charge in [-0.25, -0.2) is 0 Å². The number of esters is 1. The van der Waals surface area contributed by atoms with Crippen LogP contribution in [0.25, 0.3) is 0 Å². The van der Waals surface area contributed by atoms with Crippen LogP contribution in [0.3, 0.4) is 0 Å². The molecule has 0 spiro atoms. The van der Waals surface area contributed by atoms with E-state index in [0.717, 1.165) is 31.6 Å². The fourth-order valence-electron chi connectivity index (χ4n) is 7.32. The van der Waals surface area contributed by atoms with Crippen LogP contribution in [0.4, 0.5) is 0 Å². The molecule has 0 aromatic heterocycles. The maximum Gasteiger partial charge on any atom is 0.308 e. The van der Waals surface area contributed by atoms with E-state index in [0.29, 0.717) is 12.8 Å². The molecular weight excluding hydrogens is 601 g/mol. The summed E-state index contributed by atoms with van der Waals surface area (Å²) in [6.45, 7) is 6.94.